The van der Waals surface area contributed by atoms with Gasteiger partial charge in [-0.2, -0.15) is 0 Å². The van der Waals surface area contributed by atoms with Crippen LogP contribution in [0.5, 0.6) is 0 Å². The van der Waals surface area contributed by atoms with Gasteiger partial charge >= 0.3 is 0 Å². The van der Waals surface area contributed by atoms with Gasteiger partial charge in [0.2, 0.25) is 0 Å². The second-order valence-corrected chi connectivity index (χ2v) is 4.62. The first-order valence-corrected chi connectivity index (χ1v) is 5.88. The van der Waals surface area contributed by atoms with E-state index < -0.39 is 0 Å². The Bertz CT molecular complexity index is 315. The number of ether oxygens (including phenoxy) is 1. The fourth-order valence-electron chi connectivity index (χ4n) is 2.04. The van der Waals surface area contributed by atoms with Crippen LogP contribution in [0.25, 0.3) is 0 Å². The van der Waals surface area contributed by atoms with Crippen LogP contribution < -0.4 is 5.73 Å². The molecule has 16 heavy (non-hydrogen) atoms. The molecule has 0 aliphatic rings. The first-order valence-electron chi connectivity index (χ1n) is 5.88. The Kier molecular flexibility index (Phi) is 4.97. The normalized spacial score (nSPS) is 14.8. The highest BCUT2D eigenvalue weighted by Gasteiger charge is 2.11. The molecule has 2 heteroatoms. The van der Waals surface area contributed by atoms with Crippen molar-refractivity contribution >= 4 is 0 Å². The third kappa shape index (κ3) is 3.62. The summed E-state index contributed by atoms with van der Waals surface area (Å²) in [6.45, 7) is 6.36. The fourth-order valence-corrected chi connectivity index (χ4v) is 2.04. The third-order valence-corrected chi connectivity index (χ3v) is 3.15. The molecular weight excluding hydrogens is 198 g/mol. The van der Waals surface area contributed by atoms with E-state index in [1.807, 2.05) is 0 Å². The van der Waals surface area contributed by atoms with Crippen LogP contribution in [-0.4, -0.2) is 19.3 Å². The Labute approximate surface area is 98.8 Å². The minimum atomic E-state index is 0.176. The van der Waals surface area contributed by atoms with E-state index in [4.69, 9.17) is 10.5 Å². The van der Waals surface area contributed by atoms with Gasteiger partial charge in [0, 0.05) is 13.2 Å². The van der Waals surface area contributed by atoms with E-state index in [1.54, 1.807) is 7.11 Å². The number of hydrogen-bond donors (Lipinski definition) is 1. The second kappa shape index (κ2) is 6.02. The van der Waals surface area contributed by atoms with Crippen LogP contribution in [0.2, 0.25) is 0 Å². The predicted octanol–water partition coefficient (Wildman–Crippen LogP) is 2.60. The van der Waals surface area contributed by atoms with Crippen molar-refractivity contribution < 1.29 is 4.74 Å². The average molecular weight is 221 g/mol. The molecule has 2 nitrogen and oxygen atoms in total. The summed E-state index contributed by atoms with van der Waals surface area (Å²) in [5.41, 5.74) is 10.2. The van der Waals surface area contributed by atoms with E-state index in [9.17, 15) is 0 Å². The standard InChI is InChI=1S/C14H23NO/c1-10-6-5-7-11(2)14(10)9-13(15)8-12(3)16-4/h5-7,12-13H,8-9,15H2,1-4H3. The predicted molar refractivity (Wildman–Crippen MR) is 68.7 cm³/mol. The van der Waals surface area contributed by atoms with Gasteiger partial charge in [-0.25, -0.2) is 0 Å². The van der Waals surface area contributed by atoms with Gasteiger partial charge in [0.1, 0.15) is 0 Å². The number of rotatable bonds is 5. The van der Waals surface area contributed by atoms with Crippen molar-refractivity contribution in [3.63, 3.8) is 0 Å². The zero-order valence-electron chi connectivity index (χ0n) is 10.8. The minimum absolute atomic E-state index is 0.176. The molecule has 2 unspecified atom stereocenters. The molecule has 0 bridgehead atoms. The number of aryl methyl sites for hydroxylation is 2. The molecule has 0 heterocycles. The van der Waals surface area contributed by atoms with Gasteiger partial charge in [0.25, 0.3) is 0 Å². The number of benzene rings is 1. The lowest BCUT2D eigenvalue weighted by Crippen LogP contribution is -2.28. The molecule has 0 radical (unpaired) electrons. The van der Waals surface area contributed by atoms with E-state index in [0.29, 0.717) is 0 Å². The lowest BCUT2D eigenvalue weighted by Gasteiger charge is -2.18. The summed E-state index contributed by atoms with van der Waals surface area (Å²) in [6, 6.07) is 6.57. The molecule has 2 N–H and O–H groups in total. The summed E-state index contributed by atoms with van der Waals surface area (Å²) in [6.07, 6.45) is 2.08. The SMILES string of the molecule is COC(C)CC(N)Cc1c(C)cccc1C. The summed E-state index contributed by atoms with van der Waals surface area (Å²) in [5.74, 6) is 0. The molecule has 0 spiro atoms. The molecule has 1 rings (SSSR count). The highest BCUT2D eigenvalue weighted by molar-refractivity contribution is 5.34. The van der Waals surface area contributed by atoms with Crippen molar-refractivity contribution in [2.24, 2.45) is 5.73 Å². The molecule has 0 aliphatic heterocycles. The van der Waals surface area contributed by atoms with Crippen molar-refractivity contribution in [1.29, 1.82) is 0 Å². The van der Waals surface area contributed by atoms with Crippen LogP contribution >= 0.6 is 0 Å². The third-order valence-electron chi connectivity index (χ3n) is 3.15. The first kappa shape index (κ1) is 13.2. The molecule has 0 amide bonds. The van der Waals surface area contributed by atoms with Gasteiger partial charge < -0.3 is 10.5 Å². The molecule has 0 aromatic heterocycles. The van der Waals surface area contributed by atoms with E-state index >= 15 is 0 Å². The van der Waals surface area contributed by atoms with Gasteiger partial charge in [0.15, 0.2) is 0 Å². The van der Waals surface area contributed by atoms with Crippen molar-refractivity contribution in [3.05, 3.63) is 34.9 Å². The molecule has 90 valence electrons. The van der Waals surface area contributed by atoms with Crippen LogP contribution in [0, 0.1) is 13.8 Å². The fraction of sp³-hybridized carbons (Fsp3) is 0.571. The van der Waals surface area contributed by atoms with Gasteiger partial charge in [-0.15, -0.1) is 0 Å². The van der Waals surface area contributed by atoms with E-state index in [1.165, 1.54) is 16.7 Å². The topological polar surface area (TPSA) is 35.2 Å². The van der Waals surface area contributed by atoms with Crippen molar-refractivity contribution in [2.75, 3.05) is 7.11 Å². The molecule has 2 atom stereocenters. The summed E-state index contributed by atoms with van der Waals surface area (Å²) in [4.78, 5) is 0. The van der Waals surface area contributed by atoms with E-state index in [0.717, 1.165) is 12.8 Å². The van der Waals surface area contributed by atoms with Crippen LogP contribution in [0.1, 0.15) is 30.0 Å². The summed E-state index contributed by atoms with van der Waals surface area (Å²) < 4.78 is 5.24. The maximum atomic E-state index is 6.14. The Morgan fingerprint density at radius 1 is 1.25 bits per heavy atom. The average Bonchev–Trinajstić information content (AvgIpc) is 2.23. The molecule has 0 aliphatic carbocycles. The Balaban J connectivity index is 2.66. The number of nitrogens with two attached hydrogens (primary N) is 1. The second-order valence-electron chi connectivity index (χ2n) is 4.62. The van der Waals surface area contributed by atoms with Crippen molar-refractivity contribution in [3.8, 4) is 0 Å². The lowest BCUT2D eigenvalue weighted by molar-refractivity contribution is 0.104. The van der Waals surface area contributed by atoms with Crippen molar-refractivity contribution in [2.45, 2.75) is 45.8 Å². The Morgan fingerprint density at radius 2 is 1.81 bits per heavy atom. The maximum absolute atomic E-state index is 6.14. The van der Waals surface area contributed by atoms with Crippen LogP contribution in [0.15, 0.2) is 18.2 Å². The van der Waals surface area contributed by atoms with Gasteiger partial charge in [-0.1, -0.05) is 18.2 Å². The molecule has 0 fully saturated rings. The molecular formula is C14H23NO. The van der Waals surface area contributed by atoms with Crippen LogP contribution in [0.3, 0.4) is 0 Å². The van der Waals surface area contributed by atoms with Crippen LogP contribution in [-0.2, 0) is 11.2 Å². The smallest absolute Gasteiger partial charge is 0.0558 e. The van der Waals surface area contributed by atoms with E-state index in [2.05, 4.69) is 39.0 Å². The highest BCUT2D eigenvalue weighted by atomic mass is 16.5. The van der Waals surface area contributed by atoms with Gasteiger partial charge in [-0.3, -0.25) is 0 Å². The zero-order chi connectivity index (χ0) is 12.1. The summed E-state index contributed by atoms with van der Waals surface area (Å²) in [5, 5.41) is 0. The summed E-state index contributed by atoms with van der Waals surface area (Å²) in [7, 11) is 1.73. The Hall–Kier alpha value is -0.860. The molecule has 1 aromatic rings. The zero-order valence-corrected chi connectivity index (χ0v) is 10.8. The largest absolute Gasteiger partial charge is 0.382 e. The minimum Gasteiger partial charge on any atom is -0.382 e. The van der Waals surface area contributed by atoms with E-state index in [-0.39, 0.29) is 12.1 Å². The number of methoxy groups -OCH3 is 1. The number of hydrogen-bond acceptors (Lipinski definition) is 2. The Morgan fingerprint density at radius 3 is 2.31 bits per heavy atom. The first-order chi connectivity index (χ1) is 7.54. The molecule has 1 aromatic carbocycles. The highest BCUT2D eigenvalue weighted by Crippen LogP contribution is 2.16. The van der Waals surface area contributed by atoms with Gasteiger partial charge in [-0.05, 0) is 50.3 Å². The summed E-state index contributed by atoms with van der Waals surface area (Å²) >= 11 is 0. The lowest BCUT2D eigenvalue weighted by atomic mass is 9.94. The maximum Gasteiger partial charge on any atom is 0.0558 e. The molecule has 0 saturated heterocycles. The van der Waals surface area contributed by atoms with Gasteiger partial charge in [0.05, 0.1) is 6.10 Å². The van der Waals surface area contributed by atoms with Crippen molar-refractivity contribution in [1.82, 2.24) is 0 Å². The molecule has 0 saturated carbocycles. The van der Waals surface area contributed by atoms with Crippen LogP contribution in [0.4, 0.5) is 0 Å². The quantitative estimate of drug-likeness (QED) is 0.829. The monoisotopic (exact) mass is 221 g/mol.